The van der Waals surface area contributed by atoms with Crippen molar-refractivity contribution in [2.45, 2.75) is 39.0 Å². The van der Waals surface area contributed by atoms with Gasteiger partial charge in [-0.15, -0.1) is 0 Å². The molecule has 0 saturated carbocycles. The van der Waals surface area contributed by atoms with Crippen LogP contribution in [0.15, 0.2) is 4.36 Å². The number of carbonyl (C=O) groups excluding carboxylic acids is 1. The fourth-order valence-electron chi connectivity index (χ4n) is 1.96. The van der Waals surface area contributed by atoms with Gasteiger partial charge >= 0.3 is 0 Å². The normalized spacial score (nSPS) is 17.3. The highest BCUT2D eigenvalue weighted by Crippen LogP contribution is 2.12. The van der Waals surface area contributed by atoms with Gasteiger partial charge in [0.2, 0.25) is 5.91 Å². The molecule has 0 bridgehead atoms. The number of rotatable bonds is 9. The third kappa shape index (κ3) is 7.52. The van der Waals surface area contributed by atoms with E-state index in [-0.39, 0.29) is 12.5 Å². The minimum absolute atomic E-state index is 0.110. The molecule has 1 fully saturated rings. The van der Waals surface area contributed by atoms with Gasteiger partial charge < -0.3 is 10.1 Å². The van der Waals surface area contributed by atoms with E-state index in [1.54, 1.807) is 0 Å². The van der Waals surface area contributed by atoms with Crippen LogP contribution in [0.2, 0.25) is 0 Å². The lowest BCUT2D eigenvalue weighted by molar-refractivity contribution is -0.125. The van der Waals surface area contributed by atoms with E-state index >= 15 is 0 Å². The van der Waals surface area contributed by atoms with Crippen molar-refractivity contribution in [2.24, 2.45) is 4.36 Å². The van der Waals surface area contributed by atoms with E-state index in [2.05, 4.69) is 16.6 Å². The fourth-order valence-corrected chi connectivity index (χ4v) is 4.16. The average Bonchev–Trinajstić information content (AvgIpc) is 2.82. The molecule has 0 aliphatic carbocycles. The van der Waals surface area contributed by atoms with Gasteiger partial charge in [0, 0.05) is 34.4 Å². The molecule has 0 radical (unpaired) electrons. The molecule has 1 saturated heterocycles. The van der Waals surface area contributed by atoms with Crippen molar-refractivity contribution in [3.05, 3.63) is 0 Å². The molecule has 0 unspecified atom stereocenters. The summed E-state index contributed by atoms with van der Waals surface area (Å²) in [4.78, 5) is 11.4. The van der Waals surface area contributed by atoms with E-state index in [9.17, 15) is 9.00 Å². The van der Waals surface area contributed by atoms with Gasteiger partial charge in [0.15, 0.2) is 0 Å². The van der Waals surface area contributed by atoms with Crippen LogP contribution in [0.1, 0.15) is 39.0 Å². The van der Waals surface area contributed by atoms with Gasteiger partial charge in [-0.05, 0) is 19.3 Å². The minimum atomic E-state index is -1.94. The second kappa shape index (κ2) is 9.31. The Morgan fingerprint density at radius 1 is 1.32 bits per heavy atom. The first-order chi connectivity index (χ1) is 9.16. The second-order valence-corrected chi connectivity index (χ2v) is 7.47. The lowest BCUT2D eigenvalue weighted by Crippen LogP contribution is -2.30. The summed E-state index contributed by atoms with van der Waals surface area (Å²) < 4.78 is 21.5. The molecule has 112 valence electrons. The quantitative estimate of drug-likeness (QED) is 0.655. The van der Waals surface area contributed by atoms with Crippen LogP contribution in [0.4, 0.5) is 0 Å². The van der Waals surface area contributed by atoms with E-state index in [0.717, 1.165) is 43.6 Å². The van der Waals surface area contributed by atoms with Crippen molar-refractivity contribution in [3.8, 4) is 0 Å². The van der Waals surface area contributed by atoms with Gasteiger partial charge in [-0.2, -0.15) is 0 Å². The van der Waals surface area contributed by atoms with Crippen molar-refractivity contribution in [3.63, 3.8) is 0 Å². The maximum Gasteiger partial charge on any atom is 0.246 e. The molecule has 0 aromatic carbocycles. The van der Waals surface area contributed by atoms with Gasteiger partial charge in [0.1, 0.15) is 6.61 Å². The molecular formula is C13H26N2O3S. The standard InChI is InChI=1S/C13H26N2O3S/c1-2-3-4-9-18-12-13(16)14-7-8-15-19(17)10-5-6-11-19/h2-12H2,1H3,(H,14,16). The molecule has 19 heavy (non-hydrogen) atoms. The number of hydrogen-bond donors (Lipinski definition) is 1. The molecule has 0 aromatic heterocycles. The summed E-state index contributed by atoms with van der Waals surface area (Å²) in [6.07, 6.45) is 5.31. The van der Waals surface area contributed by atoms with Crippen LogP contribution in [-0.2, 0) is 19.3 Å². The fraction of sp³-hybridized carbons (Fsp3) is 0.923. The summed E-state index contributed by atoms with van der Waals surface area (Å²) in [7, 11) is -1.94. The zero-order chi connectivity index (χ0) is 14.0. The van der Waals surface area contributed by atoms with Gasteiger partial charge in [0.05, 0.1) is 6.54 Å². The Balaban J connectivity index is 2.03. The van der Waals surface area contributed by atoms with E-state index in [0.29, 0.717) is 19.7 Å². The summed E-state index contributed by atoms with van der Waals surface area (Å²) in [6, 6.07) is 0. The summed E-state index contributed by atoms with van der Waals surface area (Å²) in [5, 5.41) is 2.73. The largest absolute Gasteiger partial charge is 0.372 e. The zero-order valence-electron chi connectivity index (χ0n) is 11.9. The van der Waals surface area contributed by atoms with E-state index in [1.807, 2.05) is 0 Å². The first kappa shape index (κ1) is 16.4. The Morgan fingerprint density at radius 2 is 2.05 bits per heavy atom. The second-order valence-electron chi connectivity index (χ2n) is 4.85. The van der Waals surface area contributed by atoms with Crippen molar-refractivity contribution in [1.29, 1.82) is 0 Å². The van der Waals surface area contributed by atoms with Crippen LogP contribution in [0.25, 0.3) is 0 Å². The lowest BCUT2D eigenvalue weighted by Gasteiger charge is -2.05. The Morgan fingerprint density at radius 3 is 2.74 bits per heavy atom. The summed E-state index contributed by atoms with van der Waals surface area (Å²) in [5.74, 6) is 1.33. The molecule has 0 spiro atoms. The third-order valence-corrected chi connectivity index (χ3v) is 5.57. The lowest BCUT2D eigenvalue weighted by atomic mass is 10.3. The number of hydrogen-bond acceptors (Lipinski definition) is 4. The predicted octanol–water partition coefficient (Wildman–Crippen LogP) is 1.57. The minimum Gasteiger partial charge on any atom is -0.372 e. The van der Waals surface area contributed by atoms with Crippen molar-refractivity contribution >= 4 is 15.6 Å². The molecule has 1 aliphatic heterocycles. The van der Waals surface area contributed by atoms with Crippen LogP contribution < -0.4 is 5.32 Å². The number of carbonyl (C=O) groups is 1. The number of amides is 1. The zero-order valence-corrected chi connectivity index (χ0v) is 12.7. The first-order valence-electron chi connectivity index (χ1n) is 7.19. The summed E-state index contributed by atoms with van der Waals surface area (Å²) in [5.41, 5.74) is 0. The van der Waals surface area contributed by atoms with E-state index < -0.39 is 9.73 Å². The van der Waals surface area contributed by atoms with Crippen molar-refractivity contribution < 1.29 is 13.7 Å². The van der Waals surface area contributed by atoms with Gasteiger partial charge in [-0.25, -0.2) is 8.57 Å². The molecule has 0 atom stereocenters. The van der Waals surface area contributed by atoms with Crippen LogP contribution in [0.3, 0.4) is 0 Å². The predicted molar refractivity (Wildman–Crippen MR) is 77.8 cm³/mol. The maximum absolute atomic E-state index is 12.0. The van der Waals surface area contributed by atoms with Gasteiger partial charge in [-0.1, -0.05) is 19.8 Å². The molecule has 5 nitrogen and oxygen atoms in total. The monoisotopic (exact) mass is 290 g/mol. The highest BCUT2D eigenvalue weighted by atomic mass is 32.2. The molecule has 1 amide bonds. The average molecular weight is 290 g/mol. The SMILES string of the molecule is CCCCCOCC(=O)NCCN=S1(=O)CCCC1. The number of nitrogens with zero attached hydrogens (tertiary/aromatic N) is 1. The van der Waals surface area contributed by atoms with Crippen LogP contribution in [-0.4, -0.2) is 47.9 Å². The molecule has 1 rings (SSSR count). The maximum atomic E-state index is 12.0. The van der Waals surface area contributed by atoms with Crippen molar-refractivity contribution in [2.75, 3.05) is 37.8 Å². The first-order valence-corrected chi connectivity index (χ1v) is 9.04. The Labute approximate surface area is 116 Å². The topological polar surface area (TPSA) is 67.8 Å². The highest BCUT2D eigenvalue weighted by molar-refractivity contribution is 7.93. The third-order valence-electron chi connectivity index (χ3n) is 3.06. The van der Waals surface area contributed by atoms with Gasteiger partial charge in [0.25, 0.3) is 0 Å². The molecule has 1 N–H and O–H groups in total. The molecule has 1 aliphatic rings. The van der Waals surface area contributed by atoms with Crippen molar-refractivity contribution in [1.82, 2.24) is 5.32 Å². The van der Waals surface area contributed by atoms with Crippen LogP contribution in [0.5, 0.6) is 0 Å². The number of ether oxygens (including phenoxy) is 1. The summed E-state index contributed by atoms with van der Waals surface area (Å²) in [6.45, 7) is 3.78. The smallest absolute Gasteiger partial charge is 0.246 e. The molecule has 1 heterocycles. The summed E-state index contributed by atoms with van der Waals surface area (Å²) >= 11 is 0. The molecular weight excluding hydrogens is 264 g/mol. The van der Waals surface area contributed by atoms with E-state index in [1.165, 1.54) is 0 Å². The Hall–Kier alpha value is -0.620. The van der Waals surface area contributed by atoms with Crippen LogP contribution in [0, 0.1) is 0 Å². The van der Waals surface area contributed by atoms with Crippen LogP contribution >= 0.6 is 0 Å². The molecule has 0 aromatic rings. The Kier molecular flexibility index (Phi) is 8.05. The number of unbranched alkanes of at least 4 members (excludes halogenated alkanes) is 2. The highest BCUT2D eigenvalue weighted by Gasteiger charge is 2.15. The Bertz CT molecular complexity index is 364. The molecule has 6 heteroatoms. The number of nitrogens with one attached hydrogen (secondary N) is 1. The van der Waals surface area contributed by atoms with E-state index in [4.69, 9.17) is 4.74 Å². The van der Waals surface area contributed by atoms with Gasteiger partial charge in [-0.3, -0.25) is 4.79 Å².